The van der Waals surface area contributed by atoms with Crippen molar-refractivity contribution in [1.82, 2.24) is 4.98 Å². The van der Waals surface area contributed by atoms with Crippen molar-refractivity contribution >= 4 is 5.97 Å². The molecule has 0 spiro atoms. The predicted octanol–water partition coefficient (Wildman–Crippen LogP) is -2.60. The first kappa shape index (κ1) is 15.0. The Morgan fingerprint density at radius 1 is 1.47 bits per heavy atom. The second-order valence-electron chi connectivity index (χ2n) is 2.58. The van der Waals surface area contributed by atoms with E-state index in [1.165, 1.54) is 0 Å². The van der Waals surface area contributed by atoms with E-state index in [1.54, 1.807) is 0 Å². The molecule has 1 rings (SSSR count). The average Bonchev–Trinajstić information content (AvgIpc) is 2.01. The first-order valence-corrected chi connectivity index (χ1v) is 3.61. The molecule has 15 heavy (non-hydrogen) atoms. The molecule has 0 aromatic carbocycles. The Balaban J connectivity index is 0.00000196. The Morgan fingerprint density at radius 2 is 2.07 bits per heavy atom. The maximum Gasteiger partial charge on any atom is 1.00 e. The van der Waals surface area contributed by atoms with Crippen LogP contribution in [-0.2, 0) is 17.4 Å². The molecule has 0 unspecified atom stereocenters. The minimum Gasteiger partial charge on any atom is -0.550 e. The van der Waals surface area contributed by atoms with E-state index in [0.29, 0.717) is 6.07 Å². The zero-order valence-electron chi connectivity index (χ0n) is 7.84. The molecule has 1 aromatic heterocycles. The molecule has 0 radical (unpaired) electrons. The van der Waals surface area contributed by atoms with Crippen LogP contribution < -0.4 is 56.5 Å². The van der Waals surface area contributed by atoms with E-state index in [0.717, 1.165) is 12.3 Å². The first-order valence-electron chi connectivity index (χ1n) is 3.61. The van der Waals surface area contributed by atoms with Crippen molar-refractivity contribution in [1.29, 1.82) is 0 Å². The van der Waals surface area contributed by atoms with E-state index in [1.807, 2.05) is 0 Å². The fraction of sp³-hybridized carbons (Fsp3) is 0.250. The number of hydrogen-bond donors (Lipinski definition) is 0. The Bertz CT molecular complexity index is 354. The molecule has 3 nitrogen and oxygen atoms in total. The van der Waals surface area contributed by atoms with E-state index >= 15 is 0 Å². The SMILES string of the molecule is O=C([O-])Cc1cc(C(F)(F)F)ccn1.[K+]. The van der Waals surface area contributed by atoms with Crippen molar-refractivity contribution in [3.63, 3.8) is 0 Å². The molecule has 0 saturated heterocycles. The van der Waals surface area contributed by atoms with Crippen LogP contribution in [0.25, 0.3) is 0 Å². The van der Waals surface area contributed by atoms with Gasteiger partial charge in [-0.25, -0.2) is 0 Å². The number of alkyl halides is 3. The summed E-state index contributed by atoms with van der Waals surface area (Å²) in [5.41, 5.74) is -1.08. The summed E-state index contributed by atoms with van der Waals surface area (Å²) >= 11 is 0. The van der Waals surface area contributed by atoms with Crippen LogP contribution in [0.5, 0.6) is 0 Å². The van der Waals surface area contributed by atoms with Crippen molar-refractivity contribution in [3.8, 4) is 0 Å². The number of carboxylic acids is 1. The molecule has 1 heterocycles. The number of carbonyl (C=O) groups excluding carboxylic acids is 1. The third kappa shape index (κ3) is 5.07. The van der Waals surface area contributed by atoms with Gasteiger partial charge in [0.2, 0.25) is 0 Å². The summed E-state index contributed by atoms with van der Waals surface area (Å²) < 4.78 is 36.3. The molecule has 0 atom stereocenters. The summed E-state index contributed by atoms with van der Waals surface area (Å²) in [6, 6.07) is 1.47. The maximum atomic E-state index is 12.1. The van der Waals surface area contributed by atoms with Gasteiger partial charge in [0.05, 0.1) is 5.56 Å². The van der Waals surface area contributed by atoms with Gasteiger partial charge in [0.15, 0.2) is 0 Å². The minimum absolute atomic E-state index is 0. The monoisotopic (exact) mass is 243 g/mol. The summed E-state index contributed by atoms with van der Waals surface area (Å²) in [4.78, 5) is 13.6. The van der Waals surface area contributed by atoms with Gasteiger partial charge in [-0.1, -0.05) is 0 Å². The second kappa shape index (κ2) is 5.95. The van der Waals surface area contributed by atoms with Crippen LogP contribution in [0.4, 0.5) is 13.2 Å². The fourth-order valence-corrected chi connectivity index (χ4v) is 0.899. The molecule has 0 bridgehead atoms. The van der Waals surface area contributed by atoms with Crippen LogP contribution in [0.2, 0.25) is 0 Å². The van der Waals surface area contributed by atoms with Crippen molar-refractivity contribution < 1.29 is 74.5 Å². The molecular weight excluding hydrogens is 238 g/mol. The fourth-order valence-electron chi connectivity index (χ4n) is 0.899. The Hall–Kier alpha value is 0.0464. The molecule has 0 fully saturated rings. The molecule has 7 heteroatoms. The quantitative estimate of drug-likeness (QED) is 0.535. The third-order valence-corrected chi connectivity index (χ3v) is 1.47. The van der Waals surface area contributed by atoms with Crippen LogP contribution in [0.3, 0.4) is 0 Å². The van der Waals surface area contributed by atoms with E-state index in [-0.39, 0.29) is 57.1 Å². The number of halogens is 3. The van der Waals surface area contributed by atoms with Gasteiger partial charge in [-0.05, 0) is 12.1 Å². The predicted molar refractivity (Wildman–Crippen MR) is 38.0 cm³/mol. The Morgan fingerprint density at radius 3 is 2.53 bits per heavy atom. The third-order valence-electron chi connectivity index (χ3n) is 1.47. The van der Waals surface area contributed by atoms with E-state index in [2.05, 4.69) is 4.98 Å². The topological polar surface area (TPSA) is 53.0 Å². The van der Waals surface area contributed by atoms with Crippen LogP contribution >= 0.6 is 0 Å². The van der Waals surface area contributed by atoms with Crippen LogP contribution in [0, 0.1) is 0 Å². The molecule has 76 valence electrons. The van der Waals surface area contributed by atoms with Gasteiger partial charge in [0.1, 0.15) is 0 Å². The molecule has 0 aliphatic heterocycles. The molecule has 0 aliphatic carbocycles. The number of carboxylic acid groups (broad SMARTS) is 1. The normalized spacial score (nSPS) is 10.6. The summed E-state index contributed by atoms with van der Waals surface area (Å²) in [5.74, 6) is -1.46. The summed E-state index contributed by atoms with van der Waals surface area (Å²) in [6.45, 7) is 0. The average molecular weight is 243 g/mol. The van der Waals surface area contributed by atoms with Crippen molar-refractivity contribution in [2.75, 3.05) is 0 Å². The van der Waals surface area contributed by atoms with Crippen LogP contribution in [0.15, 0.2) is 18.3 Å². The van der Waals surface area contributed by atoms with Crippen LogP contribution in [0.1, 0.15) is 11.3 Å². The Labute approximate surface area is 126 Å². The number of pyridine rings is 1. The van der Waals surface area contributed by atoms with Gasteiger partial charge in [0.25, 0.3) is 0 Å². The van der Waals surface area contributed by atoms with E-state index < -0.39 is 24.1 Å². The number of nitrogens with zero attached hydrogens (tertiary/aromatic N) is 1. The summed E-state index contributed by atoms with van der Waals surface area (Å²) in [5, 5.41) is 10.1. The van der Waals surface area contributed by atoms with E-state index in [4.69, 9.17) is 0 Å². The maximum absolute atomic E-state index is 12.1. The van der Waals surface area contributed by atoms with Crippen LogP contribution in [-0.4, -0.2) is 11.0 Å². The number of aromatic nitrogens is 1. The van der Waals surface area contributed by atoms with Gasteiger partial charge >= 0.3 is 57.6 Å². The Kier molecular flexibility index (Phi) is 5.97. The summed E-state index contributed by atoms with van der Waals surface area (Å²) in [6.07, 6.45) is -4.19. The number of aliphatic carboxylic acids is 1. The number of rotatable bonds is 2. The molecule has 0 N–H and O–H groups in total. The standard InChI is InChI=1S/C8H6F3NO2.K/c9-8(10,11)5-1-2-12-6(3-5)4-7(13)14;/h1-3H,4H2,(H,13,14);/q;+1/p-1. The second-order valence-corrected chi connectivity index (χ2v) is 2.58. The van der Waals surface area contributed by atoms with Gasteiger partial charge < -0.3 is 9.90 Å². The zero-order chi connectivity index (χ0) is 10.8. The zero-order valence-corrected chi connectivity index (χ0v) is 11.0. The smallest absolute Gasteiger partial charge is 0.550 e. The molecule has 0 amide bonds. The first-order chi connectivity index (χ1) is 6.39. The van der Waals surface area contributed by atoms with Gasteiger partial charge in [0, 0.05) is 24.3 Å². The van der Waals surface area contributed by atoms with Gasteiger partial charge in [-0.15, -0.1) is 0 Å². The molecule has 0 aliphatic rings. The van der Waals surface area contributed by atoms with Crippen molar-refractivity contribution in [2.24, 2.45) is 0 Å². The summed E-state index contributed by atoms with van der Waals surface area (Å²) in [7, 11) is 0. The van der Waals surface area contributed by atoms with Crippen molar-refractivity contribution in [2.45, 2.75) is 12.6 Å². The minimum atomic E-state index is -4.48. The number of hydrogen-bond acceptors (Lipinski definition) is 3. The van der Waals surface area contributed by atoms with E-state index in [9.17, 15) is 23.1 Å². The molecule has 0 saturated carbocycles. The number of carbonyl (C=O) groups is 1. The van der Waals surface area contributed by atoms with Gasteiger partial charge in [-0.2, -0.15) is 13.2 Å². The molecule has 1 aromatic rings. The molecular formula is C8H5F3KNO2. The largest absolute Gasteiger partial charge is 1.00 e. The van der Waals surface area contributed by atoms with Crippen molar-refractivity contribution in [3.05, 3.63) is 29.6 Å². The van der Waals surface area contributed by atoms with Gasteiger partial charge in [-0.3, -0.25) is 4.98 Å².